The second kappa shape index (κ2) is 11.0. The molecular formula is C33H26ClNO5. The van der Waals surface area contributed by atoms with Crippen molar-refractivity contribution >= 4 is 28.9 Å². The Hall–Kier alpha value is -4.42. The van der Waals surface area contributed by atoms with Gasteiger partial charge < -0.3 is 14.3 Å². The van der Waals surface area contributed by atoms with Gasteiger partial charge in [0.25, 0.3) is 0 Å². The van der Waals surface area contributed by atoms with Crippen LogP contribution in [0.15, 0.2) is 96.2 Å². The molecule has 0 radical (unpaired) electrons. The molecule has 0 aromatic heterocycles. The van der Waals surface area contributed by atoms with Crippen LogP contribution in [0.2, 0.25) is 5.02 Å². The van der Waals surface area contributed by atoms with E-state index < -0.39 is 0 Å². The van der Waals surface area contributed by atoms with Crippen molar-refractivity contribution in [3.63, 3.8) is 0 Å². The Morgan fingerprint density at radius 1 is 0.875 bits per heavy atom. The van der Waals surface area contributed by atoms with Crippen LogP contribution in [0.4, 0.5) is 0 Å². The van der Waals surface area contributed by atoms with Crippen LogP contribution in [-0.2, 0) is 11.3 Å². The van der Waals surface area contributed by atoms with E-state index in [-0.39, 0.29) is 30.4 Å². The lowest BCUT2D eigenvalue weighted by molar-refractivity contribution is 0.0465. The van der Waals surface area contributed by atoms with Crippen molar-refractivity contribution in [3.05, 3.63) is 129 Å². The first-order valence-corrected chi connectivity index (χ1v) is 13.5. The summed E-state index contributed by atoms with van der Waals surface area (Å²) in [6.07, 6.45) is 0.535. The van der Waals surface area contributed by atoms with E-state index in [1.165, 1.54) is 0 Å². The summed E-state index contributed by atoms with van der Waals surface area (Å²) >= 11 is 6.02. The zero-order valence-electron chi connectivity index (χ0n) is 21.8. The van der Waals surface area contributed by atoms with Gasteiger partial charge in [0.1, 0.15) is 24.2 Å². The molecule has 2 aliphatic rings. The van der Waals surface area contributed by atoms with Crippen LogP contribution in [0.3, 0.4) is 0 Å². The molecule has 7 heteroatoms. The summed E-state index contributed by atoms with van der Waals surface area (Å²) in [6.45, 7) is 2.11. The molecule has 0 saturated heterocycles. The van der Waals surface area contributed by atoms with E-state index in [2.05, 4.69) is 5.16 Å². The Kier molecular flexibility index (Phi) is 7.10. The van der Waals surface area contributed by atoms with Gasteiger partial charge in [-0.05, 0) is 30.7 Å². The molecule has 0 saturated carbocycles. The molecule has 2 heterocycles. The van der Waals surface area contributed by atoms with Crippen LogP contribution in [0, 0.1) is 0 Å². The fraction of sp³-hybridized carbons (Fsp3) is 0.182. The number of ether oxygens (including phenoxy) is 2. The molecule has 0 spiro atoms. The lowest BCUT2D eigenvalue weighted by atomic mass is 9.92. The van der Waals surface area contributed by atoms with E-state index in [4.69, 9.17) is 25.9 Å². The molecule has 4 aromatic rings. The number of oxime groups is 1. The maximum absolute atomic E-state index is 13.8. The van der Waals surface area contributed by atoms with Gasteiger partial charge in [-0.1, -0.05) is 89.6 Å². The average Bonchev–Trinajstić information content (AvgIpc) is 3.63. The van der Waals surface area contributed by atoms with Crippen LogP contribution in [-0.4, -0.2) is 36.1 Å². The van der Waals surface area contributed by atoms with Gasteiger partial charge in [0, 0.05) is 34.6 Å². The van der Waals surface area contributed by atoms with Crippen LogP contribution in [0.5, 0.6) is 11.5 Å². The first kappa shape index (κ1) is 25.8. The summed E-state index contributed by atoms with van der Waals surface area (Å²) in [5.74, 6) is 0.443. The highest BCUT2D eigenvalue weighted by Crippen LogP contribution is 2.43. The van der Waals surface area contributed by atoms with Gasteiger partial charge in [0.05, 0.1) is 16.8 Å². The Labute approximate surface area is 237 Å². The van der Waals surface area contributed by atoms with Crippen LogP contribution >= 0.6 is 11.6 Å². The summed E-state index contributed by atoms with van der Waals surface area (Å²) in [5, 5.41) is 4.90. The van der Waals surface area contributed by atoms with Gasteiger partial charge in [-0.15, -0.1) is 0 Å². The average molecular weight is 552 g/mol. The fourth-order valence-electron chi connectivity index (χ4n) is 5.05. The Balaban J connectivity index is 1.35. The predicted octanol–water partition coefficient (Wildman–Crippen LogP) is 6.70. The number of hydrogen-bond acceptors (Lipinski definition) is 6. The largest absolute Gasteiger partial charge is 0.489 e. The number of carbonyl (C=O) groups excluding carboxylic acids is 2. The van der Waals surface area contributed by atoms with Crippen molar-refractivity contribution in [2.24, 2.45) is 5.16 Å². The Morgan fingerprint density at radius 2 is 1.50 bits per heavy atom. The third-order valence-corrected chi connectivity index (χ3v) is 7.27. The highest BCUT2D eigenvalue weighted by atomic mass is 35.5. The number of halogens is 1. The Morgan fingerprint density at radius 3 is 2.15 bits per heavy atom. The third kappa shape index (κ3) is 5.10. The monoisotopic (exact) mass is 551 g/mol. The summed E-state index contributed by atoms with van der Waals surface area (Å²) in [7, 11) is 0. The van der Waals surface area contributed by atoms with Crippen molar-refractivity contribution in [1.82, 2.24) is 0 Å². The van der Waals surface area contributed by atoms with E-state index in [1.807, 2.05) is 67.6 Å². The zero-order valence-corrected chi connectivity index (χ0v) is 22.6. The number of hydrogen-bond donors (Lipinski definition) is 0. The normalized spacial score (nSPS) is 17.4. The number of benzene rings is 4. The number of nitrogens with zero attached hydrogens (tertiary/aromatic N) is 1. The molecule has 4 aromatic carbocycles. The quantitative estimate of drug-likeness (QED) is 0.228. The first-order valence-electron chi connectivity index (χ1n) is 13.2. The van der Waals surface area contributed by atoms with Crippen LogP contribution in [0.25, 0.3) is 0 Å². The number of carbonyl (C=O) groups is 2. The molecule has 2 atom stereocenters. The van der Waals surface area contributed by atoms with Crippen LogP contribution in [0.1, 0.15) is 56.3 Å². The maximum Gasteiger partial charge on any atom is 0.196 e. The molecule has 6 rings (SSSR count). The molecule has 200 valence electrons. The van der Waals surface area contributed by atoms with Gasteiger partial charge in [-0.25, -0.2) is 0 Å². The molecule has 0 aliphatic carbocycles. The first-order chi connectivity index (χ1) is 19.5. The SMILES string of the molecule is CC1Cc2c(OCC3CC(c4ccc(Cl)cc4)=NO3)c(C(=O)c3ccccc3)cc(C(=O)c3ccccc3)c2O1. The van der Waals surface area contributed by atoms with E-state index in [0.29, 0.717) is 57.2 Å². The molecule has 2 unspecified atom stereocenters. The van der Waals surface area contributed by atoms with Gasteiger partial charge >= 0.3 is 0 Å². The van der Waals surface area contributed by atoms with Gasteiger partial charge in [0.2, 0.25) is 0 Å². The van der Waals surface area contributed by atoms with Crippen molar-refractivity contribution in [1.29, 1.82) is 0 Å². The minimum absolute atomic E-state index is 0.169. The van der Waals surface area contributed by atoms with Crippen LogP contribution < -0.4 is 9.47 Å². The van der Waals surface area contributed by atoms with E-state index in [9.17, 15) is 9.59 Å². The zero-order chi connectivity index (χ0) is 27.6. The van der Waals surface area contributed by atoms with Crippen molar-refractivity contribution in [2.45, 2.75) is 32.0 Å². The second-order valence-corrected chi connectivity index (χ2v) is 10.4. The maximum atomic E-state index is 13.8. The molecule has 0 amide bonds. The third-order valence-electron chi connectivity index (χ3n) is 7.02. The molecular weight excluding hydrogens is 526 g/mol. The highest BCUT2D eigenvalue weighted by Gasteiger charge is 2.34. The van der Waals surface area contributed by atoms with Crippen molar-refractivity contribution < 1.29 is 23.9 Å². The van der Waals surface area contributed by atoms with Gasteiger partial charge in [0.15, 0.2) is 17.7 Å². The standard InChI is InChI=1S/C33H26ClNO5/c1-20-16-28-32(38-19-25-17-29(35-40-25)21-12-14-24(34)15-13-21)26(30(36)22-8-4-2-5-9-22)18-27(33(28)39-20)31(37)23-10-6-3-7-11-23/h2-15,18,20,25H,16-17,19H2,1H3. The summed E-state index contributed by atoms with van der Waals surface area (Å²) in [5.41, 5.74) is 4.14. The van der Waals surface area contributed by atoms with Gasteiger partial charge in [-0.3, -0.25) is 9.59 Å². The molecule has 6 nitrogen and oxygen atoms in total. The van der Waals surface area contributed by atoms with E-state index in [1.54, 1.807) is 30.3 Å². The summed E-state index contributed by atoms with van der Waals surface area (Å²) in [6, 6.07) is 27.0. The van der Waals surface area contributed by atoms with E-state index in [0.717, 1.165) is 11.3 Å². The van der Waals surface area contributed by atoms with E-state index >= 15 is 0 Å². The summed E-state index contributed by atoms with van der Waals surface area (Å²) in [4.78, 5) is 33.1. The lowest BCUT2D eigenvalue weighted by Gasteiger charge is -2.18. The number of ketones is 2. The second-order valence-electron chi connectivity index (χ2n) is 9.92. The highest BCUT2D eigenvalue weighted by molar-refractivity contribution is 6.30. The predicted molar refractivity (Wildman–Crippen MR) is 153 cm³/mol. The molecule has 0 N–H and O–H groups in total. The summed E-state index contributed by atoms with van der Waals surface area (Å²) < 4.78 is 12.5. The molecule has 2 aliphatic heterocycles. The van der Waals surface area contributed by atoms with Gasteiger partial charge in [-0.2, -0.15) is 0 Å². The minimum atomic E-state index is -0.341. The minimum Gasteiger partial charge on any atom is -0.489 e. The topological polar surface area (TPSA) is 74.2 Å². The lowest BCUT2D eigenvalue weighted by Crippen LogP contribution is -2.20. The molecule has 40 heavy (non-hydrogen) atoms. The Bertz CT molecular complexity index is 1600. The fourth-order valence-corrected chi connectivity index (χ4v) is 5.18. The molecule has 0 bridgehead atoms. The smallest absolute Gasteiger partial charge is 0.196 e. The van der Waals surface area contributed by atoms with Crippen molar-refractivity contribution in [2.75, 3.05) is 6.61 Å². The molecule has 0 fully saturated rings. The number of fused-ring (bicyclic) bond motifs is 1. The van der Waals surface area contributed by atoms with Crippen molar-refractivity contribution in [3.8, 4) is 11.5 Å². The number of rotatable bonds is 8.